The lowest BCUT2D eigenvalue weighted by molar-refractivity contribution is -0.0730. The zero-order valence-electron chi connectivity index (χ0n) is 18.6. The molecule has 0 amide bonds. The summed E-state index contributed by atoms with van der Waals surface area (Å²) in [5, 5.41) is 28.6. The van der Waals surface area contributed by atoms with E-state index in [4.69, 9.17) is 14.6 Å². The van der Waals surface area contributed by atoms with E-state index in [9.17, 15) is 10.2 Å². The molecule has 0 aromatic rings. The Bertz CT molecular complexity index is 387. The molecule has 1 aliphatic rings. The van der Waals surface area contributed by atoms with Gasteiger partial charge in [0.25, 0.3) is 0 Å². The van der Waals surface area contributed by atoms with E-state index in [1.54, 1.807) is 0 Å². The Morgan fingerprint density at radius 1 is 0.897 bits per heavy atom. The summed E-state index contributed by atoms with van der Waals surface area (Å²) in [4.78, 5) is 0. The van der Waals surface area contributed by atoms with Crippen LogP contribution in [0.25, 0.3) is 0 Å². The molecule has 5 nitrogen and oxygen atoms in total. The predicted octanol–water partition coefficient (Wildman–Crippen LogP) is 4.52. The van der Waals surface area contributed by atoms with Crippen molar-refractivity contribution in [2.24, 2.45) is 0 Å². The number of aliphatic hydroxyl groups excluding tert-OH is 3. The molecule has 1 fully saturated rings. The first kappa shape index (κ1) is 26.6. The van der Waals surface area contributed by atoms with Crippen LogP contribution in [0.4, 0.5) is 0 Å². The van der Waals surface area contributed by atoms with Crippen LogP contribution in [0.2, 0.25) is 0 Å². The van der Waals surface area contributed by atoms with Crippen LogP contribution in [0.15, 0.2) is 12.2 Å². The SMILES string of the molecule is CCCCCCCCC/C=C/CCCCCCCO[C@H]1CO[C@H]([C@H](O)CO)[C@@H]1O. The van der Waals surface area contributed by atoms with Crippen molar-refractivity contribution in [1.29, 1.82) is 0 Å². The van der Waals surface area contributed by atoms with Crippen molar-refractivity contribution < 1.29 is 24.8 Å². The maximum Gasteiger partial charge on any atom is 0.114 e. The summed E-state index contributed by atoms with van der Waals surface area (Å²) in [5.41, 5.74) is 0. The molecule has 1 aliphatic heterocycles. The van der Waals surface area contributed by atoms with E-state index >= 15 is 0 Å². The molecule has 0 aromatic carbocycles. The lowest BCUT2D eigenvalue weighted by atomic mass is 10.1. The second-order valence-electron chi connectivity index (χ2n) is 8.39. The van der Waals surface area contributed by atoms with Gasteiger partial charge in [-0.05, 0) is 32.1 Å². The molecule has 3 N–H and O–H groups in total. The van der Waals surface area contributed by atoms with E-state index in [0.29, 0.717) is 6.61 Å². The number of allylic oxidation sites excluding steroid dienone is 2. The van der Waals surface area contributed by atoms with Gasteiger partial charge in [0.05, 0.1) is 13.2 Å². The molecule has 0 bridgehead atoms. The van der Waals surface area contributed by atoms with Crippen molar-refractivity contribution in [3.8, 4) is 0 Å². The van der Waals surface area contributed by atoms with Gasteiger partial charge in [-0.1, -0.05) is 76.9 Å². The molecule has 4 atom stereocenters. The Morgan fingerprint density at radius 3 is 2.03 bits per heavy atom. The van der Waals surface area contributed by atoms with Gasteiger partial charge in [-0.3, -0.25) is 0 Å². The van der Waals surface area contributed by atoms with Crippen LogP contribution >= 0.6 is 0 Å². The van der Waals surface area contributed by atoms with Crippen LogP contribution in [-0.4, -0.2) is 59.6 Å². The van der Waals surface area contributed by atoms with Gasteiger partial charge in [0.1, 0.15) is 24.4 Å². The smallest absolute Gasteiger partial charge is 0.114 e. The van der Waals surface area contributed by atoms with Gasteiger partial charge in [0, 0.05) is 6.61 Å². The highest BCUT2D eigenvalue weighted by atomic mass is 16.6. The molecule has 0 spiro atoms. The minimum Gasteiger partial charge on any atom is -0.394 e. The summed E-state index contributed by atoms with van der Waals surface area (Å²) >= 11 is 0. The number of ether oxygens (including phenoxy) is 2. The molecule has 1 rings (SSSR count). The van der Waals surface area contributed by atoms with Crippen LogP contribution in [0, 0.1) is 0 Å². The lowest BCUT2D eigenvalue weighted by Gasteiger charge is -2.20. The van der Waals surface area contributed by atoms with Crippen LogP contribution in [0.5, 0.6) is 0 Å². The molecule has 5 heteroatoms. The van der Waals surface area contributed by atoms with Crippen LogP contribution in [0.1, 0.15) is 96.8 Å². The fourth-order valence-electron chi connectivity index (χ4n) is 3.79. The average Bonchev–Trinajstić information content (AvgIpc) is 3.10. The monoisotopic (exact) mass is 414 g/mol. The first-order chi connectivity index (χ1) is 14.2. The molecule has 0 unspecified atom stereocenters. The minimum absolute atomic E-state index is 0.272. The molecule has 0 saturated carbocycles. The Balaban J connectivity index is 1.83. The number of unbranched alkanes of at least 4 members (excludes halogenated alkanes) is 12. The van der Waals surface area contributed by atoms with Crippen LogP contribution in [0.3, 0.4) is 0 Å². The van der Waals surface area contributed by atoms with Crippen molar-refractivity contribution >= 4 is 0 Å². The Labute approximate surface area is 178 Å². The molecule has 172 valence electrons. The number of hydrogen-bond acceptors (Lipinski definition) is 5. The molecule has 0 radical (unpaired) electrons. The summed E-state index contributed by atoms with van der Waals surface area (Å²) in [7, 11) is 0. The van der Waals surface area contributed by atoms with E-state index in [1.807, 2.05) is 0 Å². The number of aliphatic hydroxyl groups is 3. The standard InChI is InChI=1S/C24H46O5/c1-2-3-4-5-6-7-8-9-10-11-12-13-14-15-16-17-18-28-22-20-29-24(23(22)27)21(26)19-25/h10-11,21-27H,2-9,12-20H2,1H3/b11-10+/t21-,22+,23-,24-/m1/s1. The van der Waals surface area contributed by atoms with Gasteiger partial charge in [0.15, 0.2) is 0 Å². The molecule has 29 heavy (non-hydrogen) atoms. The molecule has 1 heterocycles. The Hall–Kier alpha value is -0.460. The topological polar surface area (TPSA) is 79.2 Å². The fraction of sp³-hybridized carbons (Fsp3) is 0.917. The molecule has 0 aliphatic carbocycles. The Morgan fingerprint density at radius 2 is 1.45 bits per heavy atom. The summed E-state index contributed by atoms with van der Waals surface area (Å²) in [6, 6.07) is 0. The van der Waals surface area contributed by atoms with Gasteiger partial charge in [-0.15, -0.1) is 0 Å². The van der Waals surface area contributed by atoms with Gasteiger partial charge >= 0.3 is 0 Å². The zero-order chi connectivity index (χ0) is 21.2. The molecular weight excluding hydrogens is 368 g/mol. The first-order valence-electron chi connectivity index (χ1n) is 12.1. The summed E-state index contributed by atoms with van der Waals surface area (Å²) in [5.74, 6) is 0. The summed E-state index contributed by atoms with van der Waals surface area (Å²) in [6.07, 6.45) is 19.5. The third-order valence-electron chi connectivity index (χ3n) is 5.72. The summed E-state index contributed by atoms with van der Waals surface area (Å²) in [6.45, 7) is 2.73. The van der Waals surface area contributed by atoms with Crippen molar-refractivity contribution in [3.63, 3.8) is 0 Å². The molecule has 1 saturated heterocycles. The Kier molecular flexibility index (Phi) is 16.8. The summed E-state index contributed by atoms with van der Waals surface area (Å²) < 4.78 is 11.0. The van der Waals surface area contributed by atoms with Crippen molar-refractivity contribution in [2.75, 3.05) is 19.8 Å². The molecule has 0 aromatic heterocycles. The van der Waals surface area contributed by atoms with Gasteiger partial charge in [-0.25, -0.2) is 0 Å². The minimum atomic E-state index is -1.05. The van der Waals surface area contributed by atoms with Gasteiger partial charge < -0.3 is 24.8 Å². The largest absolute Gasteiger partial charge is 0.394 e. The quantitative estimate of drug-likeness (QED) is 0.214. The highest BCUT2D eigenvalue weighted by Crippen LogP contribution is 2.20. The second kappa shape index (κ2) is 18.3. The normalized spacial score (nSPS) is 23.2. The predicted molar refractivity (Wildman–Crippen MR) is 118 cm³/mol. The first-order valence-corrected chi connectivity index (χ1v) is 12.1. The fourth-order valence-corrected chi connectivity index (χ4v) is 3.79. The van der Waals surface area contributed by atoms with Crippen LogP contribution < -0.4 is 0 Å². The number of rotatable bonds is 19. The third-order valence-corrected chi connectivity index (χ3v) is 5.72. The van der Waals surface area contributed by atoms with Crippen molar-refractivity contribution in [3.05, 3.63) is 12.2 Å². The van der Waals surface area contributed by atoms with E-state index in [2.05, 4.69) is 19.1 Å². The molecular formula is C24H46O5. The van der Waals surface area contributed by atoms with E-state index in [-0.39, 0.29) is 6.61 Å². The maximum absolute atomic E-state index is 10.1. The second-order valence-corrected chi connectivity index (χ2v) is 8.39. The average molecular weight is 415 g/mol. The van der Waals surface area contributed by atoms with Crippen molar-refractivity contribution in [2.45, 2.75) is 121 Å². The third kappa shape index (κ3) is 12.7. The number of hydrogen-bond donors (Lipinski definition) is 3. The van der Waals surface area contributed by atoms with Crippen molar-refractivity contribution in [1.82, 2.24) is 0 Å². The van der Waals surface area contributed by atoms with E-state index in [1.165, 1.54) is 77.0 Å². The highest BCUT2D eigenvalue weighted by molar-refractivity contribution is 4.88. The zero-order valence-corrected chi connectivity index (χ0v) is 18.6. The van der Waals surface area contributed by atoms with Gasteiger partial charge in [-0.2, -0.15) is 0 Å². The lowest BCUT2D eigenvalue weighted by Crippen LogP contribution is -2.41. The highest BCUT2D eigenvalue weighted by Gasteiger charge is 2.40. The van der Waals surface area contributed by atoms with Gasteiger partial charge in [0.2, 0.25) is 0 Å². The van der Waals surface area contributed by atoms with Crippen LogP contribution in [-0.2, 0) is 9.47 Å². The van der Waals surface area contributed by atoms with E-state index in [0.717, 1.165) is 12.8 Å². The maximum atomic E-state index is 10.1. The van der Waals surface area contributed by atoms with E-state index < -0.39 is 31.0 Å².